The number of fused-ring (bicyclic) bond motifs is 3. The third-order valence-corrected chi connectivity index (χ3v) is 2.82. The van der Waals surface area contributed by atoms with E-state index in [0.29, 0.717) is 0 Å². The maximum Gasteiger partial charge on any atom is 0.451 e. The van der Waals surface area contributed by atoms with Crippen LogP contribution in [0, 0.1) is 0 Å². The van der Waals surface area contributed by atoms with Gasteiger partial charge in [0.2, 0.25) is 11.6 Å². The average Bonchev–Trinajstić information content (AvgIpc) is 2.62. The summed E-state index contributed by atoms with van der Waals surface area (Å²) in [5.41, 5.74) is 0.269. The molecule has 2 aromatic heterocycles. The minimum Gasteiger partial charge on any atom is -0.287 e. The Balaban J connectivity index is 2.22. The Morgan fingerprint density at radius 1 is 1.05 bits per heavy atom. The zero-order valence-corrected chi connectivity index (χ0v) is 9.75. The van der Waals surface area contributed by atoms with Crippen LogP contribution in [0.4, 0.5) is 13.2 Å². The second-order valence-electron chi connectivity index (χ2n) is 3.83. The largest absolute Gasteiger partial charge is 0.451 e. The summed E-state index contributed by atoms with van der Waals surface area (Å²) < 4.78 is 37.5. The molecule has 2 aromatic rings. The van der Waals surface area contributed by atoms with Gasteiger partial charge in [-0.2, -0.15) is 13.2 Å². The van der Waals surface area contributed by atoms with Crippen LogP contribution in [0.1, 0.15) is 21.9 Å². The van der Waals surface area contributed by atoms with Gasteiger partial charge in [0.25, 0.3) is 0 Å². The molecule has 0 unspecified atom stereocenters. The molecule has 96 valence electrons. The number of aromatic nitrogens is 3. The van der Waals surface area contributed by atoms with Crippen LogP contribution in [0.25, 0.3) is 11.3 Å². The predicted octanol–water partition coefficient (Wildman–Crippen LogP) is 2.76. The molecule has 1 aliphatic rings. The van der Waals surface area contributed by atoms with E-state index < -0.39 is 17.8 Å². The van der Waals surface area contributed by atoms with E-state index in [9.17, 15) is 18.0 Å². The van der Waals surface area contributed by atoms with Gasteiger partial charge in [-0.25, -0.2) is 9.97 Å². The van der Waals surface area contributed by atoms with Crippen LogP contribution >= 0.6 is 11.6 Å². The first-order chi connectivity index (χ1) is 8.88. The minimum absolute atomic E-state index is 0.135. The lowest BCUT2D eigenvalue weighted by Crippen LogP contribution is -2.13. The second-order valence-corrected chi connectivity index (χ2v) is 4.27. The molecule has 0 saturated carbocycles. The molecule has 0 fully saturated rings. The molecule has 19 heavy (non-hydrogen) atoms. The van der Waals surface area contributed by atoms with E-state index in [4.69, 9.17) is 11.6 Å². The number of ketones is 1. The topological polar surface area (TPSA) is 55.7 Å². The highest BCUT2D eigenvalue weighted by atomic mass is 35.5. The van der Waals surface area contributed by atoms with Crippen molar-refractivity contribution in [3.05, 3.63) is 40.6 Å². The monoisotopic (exact) mass is 285 g/mol. The second kappa shape index (κ2) is 3.74. The molecule has 3 rings (SSSR count). The van der Waals surface area contributed by atoms with Crippen molar-refractivity contribution in [2.75, 3.05) is 0 Å². The van der Waals surface area contributed by atoms with Crippen molar-refractivity contribution < 1.29 is 18.0 Å². The Morgan fingerprint density at radius 3 is 2.47 bits per heavy atom. The number of carbonyl (C=O) groups is 1. The first-order valence-electron chi connectivity index (χ1n) is 5.03. The summed E-state index contributed by atoms with van der Waals surface area (Å²) >= 11 is 5.70. The molecule has 2 heterocycles. The van der Waals surface area contributed by atoms with Crippen molar-refractivity contribution in [2.24, 2.45) is 0 Å². The Morgan fingerprint density at radius 2 is 1.79 bits per heavy atom. The van der Waals surface area contributed by atoms with Crippen LogP contribution in [0.2, 0.25) is 5.02 Å². The van der Waals surface area contributed by atoms with Crippen molar-refractivity contribution in [2.45, 2.75) is 6.18 Å². The van der Waals surface area contributed by atoms with Gasteiger partial charge in [0.05, 0.1) is 16.3 Å². The number of hydrogen-bond donors (Lipinski definition) is 0. The molecule has 0 bridgehead atoms. The van der Waals surface area contributed by atoms with Crippen LogP contribution in [0.5, 0.6) is 0 Å². The first kappa shape index (κ1) is 12.0. The lowest BCUT2D eigenvalue weighted by Gasteiger charge is -2.05. The van der Waals surface area contributed by atoms with E-state index in [0.717, 1.165) is 6.20 Å². The Labute approximate surface area is 109 Å². The van der Waals surface area contributed by atoms with Crippen molar-refractivity contribution >= 4 is 17.4 Å². The number of nitrogens with zero attached hydrogens (tertiary/aromatic N) is 3. The van der Waals surface area contributed by atoms with E-state index in [2.05, 4.69) is 15.0 Å². The van der Waals surface area contributed by atoms with Gasteiger partial charge in [-0.15, -0.1) is 0 Å². The SMILES string of the molecule is O=C1c2cc(Cl)cnc2-c2cnc(C(F)(F)F)nc21. The van der Waals surface area contributed by atoms with Gasteiger partial charge in [0.1, 0.15) is 5.69 Å². The lowest BCUT2D eigenvalue weighted by molar-refractivity contribution is -0.145. The molecular weight excluding hydrogens is 283 g/mol. The van der Waals surface area contributed by atoms with Gasteiger partial charge < -0.3 is 0 Å². The third-order valence-electron chi connectivity index (χ3n) is 2.61. The van der Waals surface area contributed by atoms with Crippen molar-refractivity contribution in [3.63, 3.8) is 0 Å². The van der Waals surface area contributed by atoms with E-state index in [1.807, 2.05) is 0 Å². The van der Waals surface area contributed by atoms with E-state index in [-0.39, 0.29) is 27.5 Å². The summed E-state index contributed by atoms with van der Waals surface area (Å²) in [5.74, 6) is -1.98. The molecule has 0 N–H and O–H groups in total. The molecule has 8 heteroatoms. The summed E-state index contributed by atoms with van der Waals surface area (Å²) in [4.78, 5) is 22.4. The van der Waals surface area contributed by atoms with Crippen molar-refractivity contribution in [1.82, 2.24) is 15.0 Å². The molecule has 0 amide bonds. The Kier molecular flexibility index (Phi) is 2.37. The summed E-state index contributed by atoms with van der Waals surface area (Å²) in [7, 11) is 0. The predicted molar refractivity (Wildman–Crippen MR) is 58.7 cm³/mol. The third kappa shape index (κ3) is 1.77. The number of alkyl halides is 3. The van der Waals surface area contributed by atoms with E-state index in [1.54, 1.807) is 0 Å². The molecule has 0 aromatic carbocycles. The van der Waals surface area contributed by atoms with Crippen LogP contribution in [0.3, 0.4) is 0 Å². The van der Waals surface area contributed by atoms with Gasteiger partial charge in [-0.05, 0) is 6.07 Å². The summed E-state index contributed by atoms with van der Waals surface area (Å²) in [6.45, 7) is 0. The molecule has 4 nitrogen and oxygen atoms in total. The summed E-state index contributed by atoms with van der Waals surface area (Å²) in [6.07, 6.45) is -2.44. The number of halogens is 4. The fraction of sp³-hybridized carbons (Fsp3) is 0.0909. The highest BCUT2D eigenvalue weighted by Crippen LogP contribution is 2.36. The Bertz CT molecular complexity index is 715. The fourth-order valence-corrected chi connectivity index (χ4v) is 1.98. The zero-order chi connectivity index (χ0) is 13.8. The van der Waals surface area contributed by atoms with Gasteiger partial charge >= 0.3 is 6.18 Å². The molecular formula is C11H3ClF3N3O. The first-order valence-corrected chi connectivity index (χ1v) is 5.40. The Hall–Kier alpha value is -2.02. The van der Waals surface area contributed by atoms with Crippen molar-refractivity contribution in [3.8, 4) is 11.3 Å². The maximum absolute atomic E-state index is 12.5. The molecule has 0 atom stereocenters. The van der Waals surface area contributed by atoms with E-state index in [1.165, 1.54) is 12.3 Å². The average molecular weight is 286 g/mol. The molecule has 0 radical (unpaired) electrons. The molecule has 0 aliphatic heterocycles. The van der Waals surface area contributed by atoms with Gasteiger partial charge in [-0.3, -0.25) is 9.78 Å². The number of hydrogen-bond acceptors (Lipinski definition) is 4. The van der Waals surface area contributed by atoms with Crippen molar-refractivity contribution in [1.29, 1.82) is 0 Å². The van der Waals surface area contributed by atoms with Crippen LogP contribution in [0.15, 0.2) is 18.5 Å². The smallest absolute Gasteiger partial charge is 0.287 e. The standard InChI is InChI=1S/C11H3ClF3N3O/c12-4-1-5-7(16-2-4)6-3-17-10(11(13,14)15)18-8(6)9(5)19/h1-3H. The van der Waals surface area contributed by atoms with E-state index >= 15 is 0 Å². The highest BCUT2D eigenvalue weighted by molar-refractivity contribution is 6.31. The lowest BCUT2D eigenvalue weighted by atomic mass is 10.2. The summed E-state index contributed by atoms with van der Waals surface area (Å²) in [6, 6.07) is 1.35. The van der Waals surface area contributed by atoms with Gasteiger partial charge in [-0.1, -0.05) is 11.6 Å². The number of rotatable bonds is 0. The highest BCUT2D eigenvalue weighted by Gasteiger charge is 2.38. The molecule has 0 spiro atoms. The van der Waals surface area contributed by atoms with Crippen LogP contribution in [-0.4, -0.2) is 20.7 Å². The van der Waals surface area contributed by atoms with Crippen LogP contribution in [-0.2, 0) is 6.18 Å². The quantitative estimate of drug-likeness (QED) is 0.637. The van der Waals surface area contributed by atoms with Gasteiger partial charge in [0, 0.05) is 18.0 Å². The maximum atomic E-state index is 12.5. The van der Waals surface area contributed by atoms with Gasteiger partial charge in [0.15, 0.2) is 0 Å². The molecule has 0 saturated heterocycles. The number of pyridine rings is 1. The normalized spacial score (nSPS) is 13.4. The van der Waals surface area contributed by atoms with Crippen LogP contribution < -0.4 is 0 Å². The number of carbonyl (C=O) groups excluding carboxylic acids is 1. The minimum atomic E-state index is -4.70. The summed E-state index contributed by atoms with van der Waals surface area (Å²) in [5, 5.41) is 0.226. The fourth-order valence-electron chi connectivity index (χ4n) is 1.82. The zero-order valence-electron chi connectivity index (χ0n) is 8.99. The molecule has 1 aliphatic carbocycles.